The van der Waals surface area contributed by atoms with Crippen LogP contribution in [0, 0.1) is 0 Å². The zero-order chi connectivity index (χ0) is 14.5. The van der Waals surface area contributed by atoms with Crippen LogP contribution in [-0.4, -0.2) is 43.6 Å². The summed E-state index contributed by atoms with van der Waals surface area (Å²) in [7, 11) is 1.58. The Hall–Kier alpha value is -1.75. The molecule has 1 fully saturated rings. The number of anilines is 1. The molecule has 5 heteroatoms. The maximum absolute atomic E-state index is 12.1. The van der Waals surface area contributed by atoms with Crippen molar-refractivity contribution in [2.45, 2.75) is 25.8 Å². The van der Waals surface area contributed by atoms with E-state index in [0.717, 1.165) is 19.1 Å². The van der Waals surface area contributed by atoms with E-state index < -0.39 is 0 Å². The lowest BCUT2D eigenvalue weighted by molar-refractivity contribution is 0.0949. The minimum absolute atomic E-state index is 0.128. The standard InChI is InChI=1S/C15H23N3O2/c1-3-18(11-4-5-11)9-8-17-15(19)13-7-6-12(20-2)10-14(13)16/h6-7,10-11H,3-5,8-9,16H2,1-2H3,(H,17,19). The molecule has 1 aliphatic carbocycles. The van der Waals surface area contributed by atoms with E-state index in [2.05, 4.69) is 17.1 Å². The minimum atomic E-state index is -0.128. The molecule has 0 saturated heterocycles. The monoisotopic (exact) mass is 277 g/mol. The topological polar surface area (TPSA) is 67.6 Å². The van der Waals surface area contributed by atoms with Gasteiger partial charge in [-0.05, 0) is 31.5 Å². The Morgan fingerprint density at radius 2 is 2.25 bits per heavy atom. The smallest absolute Gasteiger partial charge is 0.253 e. The van der Waals surface area contributed by atoms with Gasteiger partial charge in [-0.1, -0.05) is 6.92 Å². The Kier molecular flexibility index (Phi) is 4.84. The Balaban J connectivity index is 1.85. The number of hydrogen-bond donors (Lipinski definition) is 2. The first-order chi connectivity index (χ1) is 9.65. The highest BCUT2D eigenvalue weighted by Gasteiger charge is 2.27. The first kappa shape index (κ1) is 14.7. The van der Waals surface area contributed by atoms with Gasteiger partial charge in [0.15, 0.2) is 0 Å². The molecule has 1 aromatic rings. The molecule has 0 aliphatic heterocycles. The van der Waals surface area contributed by atoms with Crippen LogP contribution in [-0.2, 0) is 0 Å². The Morgan fingerprint density at radius 1 is 1.50 bits per heavy atom. The first-order valence-electron chi connectivity index (χ1n) is 7.11. The van der Waals surface area contributed by atoms with Crippen molar-refractivity contribution in [1.29, 1.82) is 0 Å². The number of nitrogens with one attached hydrogen (secondary N) is 1. The summed E-state index contributed by atoms with van der Waals surface area (Å²) in [4.78, 5) is 14.5. The molecular formula is C15H23N3O2. The summed E-state index contributed by atoms with van der Waals surface area (Å²) < 4.78 is 5.07. The average molecular weight is 277 g/mol. The lowest BCUT2D eigenvalue weighted by atomic mass is 10.1. The van der Waals surface area contributed by atoms with Gasteiger partial charge < -0.3 is 15.8 Å². The number of carbonyl (C=O) groups excluding carboxylic acids is 1. The summed E-state index contributed by atoms with van der Waals surface area (Å²) in [6.45, 7) is 4.73. The van der Waals surface area contributed by atoms with Crippen LogP contribution in [0.5, 0.6) is 5.75 Å². The summed E-state index contributed by atoms with van der Waals surface area (Å²) in [5.74, 6) is 0.530. The van der Waals surface area contributed by atoms with Gasteiger partial charge in [-0.3, -0.25) is 9.69 Å². The Labute approximate surface area is 120 Å². The van der Waals surface area contributed by atoms with Gasteiger partial charge in [0, 0.05) is 30.9 Å². The van der Waals surface area contributed by atoms with Crippen molar-refractivity contribution in [3.8, 4) is 5.75 Å². The minimum Gasteiger partial charge on any atom is -0.497 e. The van der Waals surface area contributed by atoms with Crippen molar-refractivity contribution in [2.75, 3.05) is 32.5 Å². The lowest BCUT2D eigenvalue weighted by Crippen LogP contribution is -2.36. The van der Waals surface area contributed by atoms with E-state index in [4.69, 9.17) is 10.5 Å². The van der Waals surface area contributed by atoms with Crippen LogP contribution < -0.4 is 15.8 Å². The molecule has 0 atom stereocenters. The van der Waals surface area contributed by atoms with Crippen molar-refractivity contribution < 1.29 is 9.53 Å². The molecule has 0 aromatic heterocycles. The summed E-state index contributed by atoms with van der Waals surface area (Å²) in [6.07, 6.45) is 2.57. The van der Waals surface area contributed by atoms with Gasteiger partial charge in [0.1, 0.15) is 5.75 Å². The van der Waals surface area contributed by atoms with Crippen molar-refractivity contribution >= 4 is 11.6 Å². The van der Waals surface area contributed by atoms with Gasteiger partial charge in [0.2, 0.25) is 0 Å². The second-order valence-electron chi connectivity index (χ2n) is 5.07. The fourth-order valence-electron chi connectivity index (χ4n) is 2.32. The first-order valence-corrected chi connectivity index (χ1v) is 7.11. The molecule has 1 amide bonds. The number of nitrogen functional groups attached to an aromatic ring is 1. The lowest BCUT2D eigenvalue weighted by Gasteiger charge is -2.19. The van der Waals surface area contributed by atoms with Crippen LogP contribution in [0.15, 0.2) is 18.2 Å². The fourth-order valence-corrected chi connectivity index (χ4v) is 2.32. The highest BCUT2D eigenvalue weighted by atomic mass is 16.5. The molecule has 1 aromatic carbocycles. The number of amides is 1. The normalized spacial score (nSPS) is 14.3. The molecule has 20 heavy (non-hydrogen) atoms. The SMILES string of the molecule is CCN(CCNC(=O)c1ccc(OC)cc1N)C1CC1. The highest BCUT2D eigenvalue weighted by molar-refractivity contribution is 5.99. The zero-order valence-electron chi connectivity index (χ0n) is 12.2. The van der Waals surface area contributed by atoms with E-state index >= 15 is 0 Å². The Bertz CT molecular complexity index is 472. The average Bonchev–Trinajstić information content (AvgIpc) is 3.27. The number of nitrogens with zero attached hydrogens (tertiary/aromatic N) is 1. The Morgan fingerprint density at radius 3 is 2.80 bits per heavy atom. The van der Waals surface area contributed by atoms with Gasteiger partial charge in [-0.25, -0.2) is 0 Å². The fraction of sp³-hybridized carbons (Fsp3) is 0.533. The predicted octanol–water partition coefficient (Wildman–Crippen LogP) is 1.49. The molecule has 0 heterocycles. The van der Waals surface area contributed by atoms with E-state index in [0.29, 0.717) is 23.5 Å². The van der Waals surface area contributed by atoms with E-state index in [9.17, 15) is 4.79 Å². The zero-order valence-corrected chi connectivity index (χ0v) is 12.2. The van der Waals surface area contributed by atoms with Gasteiger partial charge >= 0.3 is 0 Å². The molecule has 1 saturated carbocycles. The second kappa shape index (κ2) is 6.61. The summed E-state index contributed by atoms with van der Waals surface area (Å²) in [5.41, 5.74) is 6.80. The van der Waals surface area contributed by atoms with Crippen LogP contribution in [0.25, 0.3) is 0 Å². The molecule has 2 rings (SSSR count). The maximum atomic E-state index is 12.1. The van der Waals surface area contributed by atoms with Gasteiger partial charge in [-0.2, -0.15) is 0 Å². The second-order valence-corrected chi connectivity index (χ2v) is 5.07. The van der Waals surface area contributed by atoms with Gasteiger partial charge in [0.05, 0.1) is 12.7 Å². The molecule has 5 nitrogen and oxygen atoms in total. The van der Waals surface area contributed by atoms with Crippen molar-refractivity contribution in [3.05, 3.63) is 23.8 Å². The van der Waals surface area contributed by atoms with E-state index in [1.165, 1.54) is 12.8 Å². The third-order valence-corrected chi connectivity index (χ3v) is 3.66. The number of methoxy groups -OCH3 is 1. The molecule has 0 unspecified atom stereocenters. The number of rotatable bonds is 7. The van der Waals surface area contributed by atoms with Crippen LogP contribution in [0.3, 0.4) is 0 Å². The van der Waals surface area contributed by atoms with Crippen molar-refractivity contribution in [1.82, 2.24) is 10.2 Å². The molecular weight excluding hydrogens is 254 g/mol. The quantitative estimate of drug-likeness (QED) is 0.741. The summed E-state index contributed by atoms with van der Waals surface area (Å²) >= 11 is 0. The summed E-state index contributed by atoms with van der Waals surface area (Å²) in [5, 5.41) is 2.92. The predicted molar refractivity (Wildman–Crippen MR) is 80.0 cm³/mol. The van der Waals surface area contributed by atoms with Gasteiger partial charge in [-0.15, -0.1) is 0 Å². The van der Waals surface area contributed by atoms with Crippen LogP contribution in [0.1, 0.15) is 30.1 Å². The third kappa shape index (κ3) is 3.63. The van der Waals surface area contributed by atoms with E-state index in [1.807, 2.05) is 0 Å². The van der Waals surface area contributed by atoms with Crippen LogP contribution in [0.2, 0.25) is 0 Å². The summed E-state index contributed by atoms with van der Waals surface area (Å²) in [6, 6.07) is 5.83. The molecule has 110 valence electrons. The molecule has 1 aliphatic rings. The maximum Gasteiger partial charge on any atom is 0.253 e. The third-order valence-electron chi connectivity index (χ3n) is 3.66. The number of nitrogens with two attached hydrogens (primary N) is 1. The molecule has 0 spiro atoms. The molecule has 0 bridgehead atoms. The molecule has 3 N–H and O–H groups in total. The number of benzene rings is 1. The van der Waals surface area contributed by atoms with Crippen LogP contribution >= 0.6 is 0 Å². The number of ether oxygens (including phenoxy) is 1. The largest absolute Gasteiger partial charge is 0.497 e. The van der Waals surface area contributed by atoms with Crippen molar-refractivity contribution in [3.63, 3.8) is 0 Å². The number of likely N-dealkylation sites (N-methyl/N-ethyl adjacent to an activating group) is 1. The molecule has 0 radical (unpaired) electrons. The number of carbonyl (C=O) groups is 1. The van der Waals surface area contributed by atoms with Gasteiger partial charge in [0.25, 0.3) is 5.91 Å². The number of hydrogen-bond acceptors (Lipinski definition) is 4. The van der Waals surface area contributed by atoms with Crippen molar-refractivity contribution in [2.24, 2.45) is 0 Å². The van der Waals surface area contributed by atoms with Crippen LogP contribution in [0.4, 0.5) is 5.69 Å². The highest BCUT2D eigenvalue weighted by Crippen LogP contribution is 2.25. The van der Waals surface area contributed by atoms with E-state index in [-0.39, 0.29) is 5.91 Å². The van der Waals surface area contributed by atoms with E-state index in [1.54, 1.807) is 25.3 Å².